The Hall–Kier alpha value is -3.38. The zero-order valence-corrected chi connectivity index (χ0v) is 19.2. The van der Waals surface area contributed by atoms with Crippen LogP contribution in [0.2, 0.25) is 0 Å². The van der Waals surface area contributed by atoms with Gasteiger partial charge in [-0.25, -0.2) is 15.0 Å². The number of thiophene rings is 1. The molecular weight excluding hydrogens is 452 g/mol. The fraction of sp³-hybridized carbons (Fsp3) is 0.429. The number of hydrogen-bond acceptors (Lipinski definition) is 11. The number of hydrogen-bond donors (Lipinski definition) is 0. The monoisotopic (exact) mass is 474 g/mol. The van der Waals surface area contributed by atoms with E-state index in [0.717, 1.165) is 10.4 Å². The van der Waals surface area contributed by atoms with E-state index in [9.17, 15) is 14.4 Å². The first-order valence-electron chi connectivity index (χ1n) is 10.1. The van der Waals surface area contributed by atoms with Gasteiger partial charge >= 0.3 is 17.9 Å². The van der Waals surface area contributed by atoms with E-state index in [1.165, 1.54) is 44.8 Å². The summed E-state index contributed by atoms with van der Waals surface area (Å²) in [5.74, 6) is -1.71. The third-order valence-corrected chi connectivity index (χ3v) is 6.07. The number of ether oxygens (including phenoxy) is 4. The SMILES string of the molecule is CC(=O)OC[C@H]1O[C@@H](n2cnc3c(-c4sccc4C)ncnc32)[C@H](OC(C)=O)[C@@H]1OC(C)=O. The van der Waals surface area contributed by atoms with Crippen molar-refractivity contribution >= 4 is 40.4 Å². The highest BCUT2D eigenvalue weighted by Gasteiger charge is 2.51. The van der Waals surface area contributed by atoms with Gasteiger partial charge in [0.2, 0.25) is 0 Å². The highest BCUT2D eigenvalue weighted by Crippen LogP contribution is 2.37. The zero-order chi connectivity index (χ0) is 23.7. The van der Waals surface area contributed by atoms with Crippen LogP contribution in [0.25, 0.3) is 21.7 Å². The minimum Gasteiger partial charge on any atom is -0.463 e. The molecule has 0 aromatic carbocycles. The molecule has 0 N–H and O–H groups in total. The Bertz CT molecular complexity index is 1210. The smallest absolute Gasteiger partial charge is 0.303 e. The lowest BCUT2D eigenvalue weighted by molar-refractivity contribution is -0.166. The maximum absolute atomic E-state index is 11.9. The number of esters is 3. The summed E-state index contributed by atoms with van der Waals surface area (Å²) in [5.41, 5.74) is 2.72. The number of imidazole rings is 1. The summed E-state index contributed by atoms with van der Waals surface area (Å²) in [6, 6.07) is 1.99. The quantitative estimate of drug-likeness (QED) is 0.387. The lowest BCUT2D eigenvalue weighted by Crippen LogP contribution is -2.40. The Morgan fingerprint density at radius 3 is 2.42 bits per heavy atom. The Morgan fingerprint density at radius 1 is 1.06 bits per heavy atom. The number of aromatic nitrogens is 4. The molecule has 1 aliphatic heterocycles. The Labute approximate surface area is 192 Å². The van der Waals surface area contributed by atoms with Gasteiger partial charge in [-0.3, -0.25) is 19.0 Å². The summed E-state index contributed by atoms with van der Waals surface area (Å²) in [6.07, 6.45) is -0.904. The average molecular weight is 474 g/mol. The molecule has 0 saturated carbocycles. The normalized spacial score (nSPS) is 22.3. The summed E-state index contributed by atoms with van der Waals surface area (Å²) < 4.78 is 23.7. The molecule has 3 aromatic heterocycles. The van der Waals surface area contributed by atoms with Crippen molar-refractivity contribution in [2.24, 2.45) is 0 Å². The van der Waals surface area contributed by atoms with Gasteiger partial charge in [0, 0.05) is 20.8 Å². The van der Waals surface area contributed by atoms with Crippen molar-refractivity contribution < 1.29 is 33.3 Å². The van der Waals surface area contributed by atoms with Crippen molar-refractivity contribution in [3.8, 4) is 10.6 Å². The zero-order valence-electron chi connectivity index (χ0n) is 18.4. The molecule has 4 atom stereocenters. The molecule has 1 aliphatic rings. The van der Waals surface area contributed by atoms with E-state index in [1.807, 2.05) is 18.4 Å². The van der Waals surface area contributed by atoms with E-state index < -0.39 is 42.4 Å². The first kappa shape index (κ1) is 22.8. The van der Waals surface area contributed by atoms with Gasteiger partial charge in [-0.1, -0.05) is 0 Å². The standard InChI is InChI=1S/C21H22N4O7S/c1-10-5-6-33-19(10)15-16-20(23-8-22-15)25(9-24-16)21-18(31-13(4)28)17(30-12(3)27)14(32-21)7-29-11(2)26/h5-6,8-9,14,17-18,21H,7H2,1-4H3/t14-,17-,18-,21-/m1/s1. The Balaban J connectivity index is 1.77. The average Bonchev–Trinajstić information content (AvgIpc) is 3.44. The molecule has 3 aromatic rings. The molecule has 0 amide bonds. The molecule has 0 unspecified atom stereocenters. The fourth-order valence-electron chi connectivity index (χ4n) is 3.74. The van der Waals surface area contributed by atoms with Gasteiger partial charge < -0.3 is 18.9 Å². The molecule has 0 aliphatic carbocycles. The minimum atomic E-state index is -1.02. The first-order valence-corrected chi connectivity index (χ1v) is 11.0. The lowest BCUT2D eigenvalue weighted by atomic mass is 10.1. The van der Waals surface area contributed by atoms with Gasteiger partial charge in [-0.2, -0.15) is 0 Å². The summed E-state index contributed by atoms with van der Waals surface area (Å²) >= 11 is 1.54. The van der Waals surface area contributed by atoms with Crippen LogP contribution in [0, 0.1) is 6.92 Å². The maximum Gasteiger partial charge on any atom is 0.303 e. The van der Waals surface area contributed by atoms with Gasteiger partial charge in [0.1, 0.15) is 30.2 Å². The molecule has 1 fully saturated rings. The largest absolute Gasteiger partial charge is 0.463 e. The predicted molar refractivity (Wildman–Crippen MR) is 115 cm³/mol. The molecule has 12 heteroatoms. The molecule has 4 rings (SSSR count). The highest BCUT2D eigenvalue weighted by atomic mass is 32.1. The minimum absolute atomic E-state index is 0.192. The summed E-state index contributed by atoms with van der Waals surface area (Å²) in [7, 11) is 0. The van der Waals surface area contributed by atoms with E-state index in [4.69, 9.17) is 18.9 Å². The van der Waals surface area contributed by atoms with Crippen LogP contribution in [0.1, 0.15) is 32.6 Å². The van der Waals surface area contributed by atoms with Crippen LogP contribution >= 0.6 is 11.3 Å². The second-order valence-corrected chi connectivity index (χ2v) is 8.41. The Kier molecular flexibility index (Phi) is 6.38. The summed E-state index contributed by atoms with van der Waals surface area (Å²) in [4.78, 5) is 49.2. The Morgan fingerprint density at radius 2 is 1.79 bits per heavy atom. The molecule has 0 spiro atoms. The summed E-state index contributed by atoms with van der Waals surface area (Å²) in [5, 5.41) is 1.97. The predicted octanol–water partition coefficient (Wildman–Crippen LogP) is 2.19. The summed E-state index contributed by atoms with van der Waals surface area (Å²) in [6.45, 7) is 5.52. The van der Waals surface area contributed by atoms with E-state index in [-0.39, 0.29) is 6.61 Å². The van der Waals surface area contributed by atoms with Gasteiger partial charge in [-0.15, -0.1) is 11.3 Å². The maximum atomic E-state index is 11.9. The van der Waals surface area contributed by atoms with Crippen LogP contribution in [0.5, 0.6) is 0 Å². The number of carbonyl (C=O) groups excluding carboxylic acids is 3. The van der Waals surface area contributed by atoms with E-state index in [1.54, 1.807) is 4.57 Å². The topological polar surface area (TPSA) is 132 Å². The van der Waals surface area contributed by atoms with Crippen molar-refractivity contribution in [1.82, 2.24) is 19.5 Å². The van der Waals surface area contributed by atoms with Crippen LogP contribution in [-0.2, 0) is 33.3 Å². The number of aryl methyl sites for hydroxylation is 1. The van der Waals surface area contributed by atoms with E-state index >= 15 is 0 Å². The molecule has 1 saturated heterocycles. The van der Waals surface area contributed by atoms with Crippen LogP contribution in [0.3, 0.4) is 0 Å². The van der Waals surface area contributed by atoms with Crippen molar-refractivity contribution in [2.45, 2.75) is 52.2 Å². The van der Waals surface area contributed by atoms with Crippen molar-refractivity contribution in [3.05, 3.63) is 29.7 Å². The number of fused-ring (bicyclic) bond motifs is 1. The van der Waals surface area contributed by atoms with Crippen LogP contribution in [0.15, 0.2) is 24.1 Å². The van der Waals surface area contributed by atoms with Crippen LogP contribution < -0.4 is 0 Å². The molecular formula is C21H22N4O7S. The van der Waals surface area contributed by atoms with Gasteiger partial charge in [0.25, 0.3) is 0 Å². The fourth-order valence-corrected chi connectivity index (χ4v) is 4.66. The molecule has 4 heterocycles. The van der Waals surface area contributed by atoms with Crippen molar-refractivity contribution in [3.63, 3.8) is 0 Å². The lowest BCUT2D eigenvalue weighted by Gasteiger charge is -2.23. The first-order chi connectivity index (χ1) is 15.8. The van der Waals surface area contributed by atoms with Crippen LogP contribution in [-0.4, -0.2) is 62.3 Å². The number of nitrogens with zero attached hydrogens (tertiary/aromatic N) is 4. The highest BCUT2D eigenvalue weighted by molar-refractivity contribution is 7.13. The van der Waals surface area contributed by atoms with Gasteiger partial charge in [0.05, 0.1) is 11.2 Å². The molecule has 0 radical (unpaired) electrons. The van der Waals surface area contributed by atoms with E-state index in [0.29, 0.717) is 16.9 Å². The third-order valence-electron chi connectivity index (χ3n) is 5.05. The second-order valence-electron chi connectivity index (χ2n) is 7.49. The number of rotatable bonds is 6. The molecule has 11 nitrogen and oxygen atoms in total. The van der Waals surface area contributed by atoms with Crippen LogP contribution in [0.4, 0.5) is 0 Å². The number of carbonyl (C=O) groups is 3. The molecule has 174 valence electrons. The molecule has 33 heavy (non-hydrogen) atoms. The second kappa shape index (κ2) is 9.24. The van der Waals surface area contributed by atoms with Gasteiger partial charge in [-0.05, 0) is 23.9 Å². The molecule has 0 bridgehead atoms. The van der Waals surface area contributed by atoms with Crippen molar-refractivity contribution in [2.75, 3.05) is 6.61 Å². The third kappa shape index (κ3) is 4.57. The van der Waals surface area contributed by atoms with Gasteiger partial charge in [0.15, 0.2) is 24.1 Å². The van der Waals surface area contributed by atoms with Crippen molar-refractivity contribution in [1.29, 1.82) is 0 Å². The van der Waals surface area contributed by atoms with E-state index in [2.05, 4.69) is 15.0 Å².